The largest absolute Gasteiger partial charge is 0.456 e. The molecule has 2 aromatic heterocycles. The minimum atomic E-state index is -0.454. The first-order chi connectivity index (χ1) is 37.1. The summed E-state index contributed by atoms with van der Waals surface area (Å²) in [6.07, 6.45) is 0. The van der Waals surface area contributed by atoms with Gasteiger partial charge in [0.1, 0.15) is 22.3 Å². The third-order valence-corrected chi connectivity index (χ3v) is 16.3. The first kappa shape index (κ1) is 41.8. The molecule has 2 nitrogen and oxygen atoms in total. The smallest absolute Gasteiger partial charge is 0.136 e. The van der Waals surface area contributed by atoms with Gasteiger partial charge in [-0.3, -0.25) is 0 Å². The van der Waals surface area contributed by atoms with Gasteiger partial charge in [0.25, 0.3) is 0 Å². The van der Waals surface area contributed by atoms with E-state index in [1.54, 1.807) is 0 Å². The molecular formula is C73H44O2. The maximum absolute atomic E-state index is 6.42. The molecule has 1 aliphatic carbocycles. The summed E-state index contributed by atoms with van der Waals surface area (Å²) in [5.74, 6) is 0. The second-order valence-electron chi connectivity index (χ2n) is 20.3. The van der Waals surface area contributed by atoms with Gasteiger partial charge in [0.15, 0.2) is 0 Å². The lowest BCUT2D eigenvalue weighted by Crippen LogP contribution is -2.28. The Kier molecular flexibility index (Phi) is 8.99. The molecular weight excluding hydrogens is 909 g/mol. The quantitative estimate of drug-likeness (QED) is 0.155. The number of hydrogen-bond donors (Lipinski definition) is 0. The molecule has 0 saturated carbocycles. The Hall–Kier alpha value is -9.76. The SMILES string of the molecule is c1ccc(C2(c3ccccc3)c3ccccc3-c3ccc(-c4ccc5c6ccc(-c7cccc(-c8cccc(-c9ccc%10oc%11cc%12c(cc%11c%10c9)oc9ccccc9%12)c8)c7)cc6c6ccccc6c5c4)cc32)cc1. The fraction of sp³-hybridized carbons (Fsp3) is 0.0137. The monoisotopic (exact) mass is 952 g/mol. The second-order valence-corrected chi connectivity index (χ2v) is 20.3. The fourth-order valence-electron chi connectivity index (χ4n) is 12.9. The van der Waals surface area contributed by atoms with Crippen molar-refractivity contribution < 1.29 is 8.83 Å². The highest BCUT2D eigenvalue weighted by molar-refractivity contribution is 6.26. The Morgan fingerprint density at radius 2 is 0.600 bits per heavy atom. The van der Waals surface area contributed by atoms with E-state index in [1.165, 1.54) is 99.1 Å². The first-order valence-electron chi connectivity index (χ1n) is 25.9. The molecule has 0 radical (unpaired) electrons. The van der Waals surface area contributed by atoms with Gasteiger partial charge in [-0.1, -0.05) is 206 Å². The van der Waals surface area contributed by atoms with Crippen LogP contribution in [-0.2, 0) is 5.41 Å². The summed E-state index contributed by atoms with van der Waals surface area (Å²) in [4.78, 5) is 0. The molecule has 0 fully saturated rings. The predicted octanol–water partition coefficient (Wildman–Crippen LogP) is 20.0. The van der Waals surface area contributed by atoms with E-state index in [2.05, 4.69) is 249 Å². The van der Waals surface area contributed by atoms with Crippen LogP contribution in [-0.4, -0.2) is 0 Å². The van der Waals surface area contributed by atoms with Crippen LogP contribution in [0.25, 0.3) is 132 Å². The van der Waals surface area contributed by atoms with Crippen LogP contribution in [0.1, 0.15) is 22.3 Å². The third-order valence-electron chi connectivity index (χ3n) is 16.3. The highest BCUT2D eigenvalue weighted by Crippen LogP contribution is 2.57. The summed E-state index contributed by atoms with van der Waals surface area (Å²) in [7, 11) is 0. The molecule has 0 amide bonds. The van der Waals surface area contributed by atoms with E-state index in [-0.39, 0.29) is 0 Å². The summed E-state index contributed by atoms with van der Waals surface area (Å²) in [6, 6.07) is 98.2. The van der Waals surface area contributed by atoms with E-state index in [0.29, 0.717) is 0 Å². The lowest BCUT2D eigenvalue weighted by Gasteiger charge is -2.34. The number of rotatable bonds is 6. The van der Waals surface area contributed by atoms with E-state index in [0.717, 1.165) is 55.0 Å². The van der Waals surface area contributed by atoms with Crippen molar-refractivity contribution in [2.75, 3.05) is 0 Å². The van der Waals surface area contributed by atoms with Crippen molar-refractivity contribution in [1.82, 2.24) is 0 Å². The summed E-state index contributed by atoms with van der Waals surface area (Å²) in [5, 5.41) is 11.8. The van der Waals surface area contributed by atoms with E-state index in [9.17, 15) is 0 Å². The van der Waals surface area contributed by atoms with Gasteiger partial charge in [-0.05, 0) is 171 Å². The highest BCUT2D eigenvalue weighted by atomic mass is 16.3. The summed E-state index contributed by atoms with van der Waals surface area (Å²) < 4.78 is 12.7. The molecule has 2 heteroatoms. The normalized spacial score (nSPS) is 12.9. The van der Waals surface area contributed by atoms with E-state index >= 15 is 0 Å². The van der Waals surface area contributed by atoms with Gasteiger partial charge < -0.3 is 8.83 Å². The van der Waals surface area contributed by atoms with Crippen molar-refractivity contribution >= 4 is 76.2 Å². The Morgan fingerprint density at radius 3 is 1.20 bits per heavy atom. The molecule has 0 unspecified atom stereocenters. The van der Waals surface area contributed by atoms with Crippen LogP contribution < -0.4 is 0 Å². The number of benzene rings is 13. The fourth-order valence-corrected chi connectivity index (χ4v) is 12.9. The van der Waals surface area contributed by atoms with Crippen LogP contribution in [0.2, 0.25) is 0 Å². The van der Waals surface area contributed by atoms with Gasteiger partial charge in [0, 0.05) is 21.5 Å². The molecule has 0 saturated heterocycles. The maximum Gasteiger partial charge on any atom is 0.136 e. The van der Waals surface area contributed by atoms with Crippen LogP contribution in [0.4, 0.5) is 0 Å². The average Bonchev–Trinajstić information content (AvgIpc) is 4.23. The van der Waals surface area contributed by atoms with Crippen molar-refractivity contribution in [3.63, 3.8) is 0 Å². The van der Waals surface area contributed by atoms with Crippen molar-refractivity contribution in [2.24, 2.45) is 0 Å². The zero-order valence-electron chi connectivity index (χ0n) is 40.7. The second kappa shape index (κ2) is 16.1. The zero-order chi connectivity index (χ0) is 49.2. The maximum atomic E-state index is 6.42. The van der Waals surface area contributed by atoms with Crippen LogP contribution in [0.3, 0.4) is 0 Å². The molecule has 0 N–H and O–H groups in total. The number of hydrogen-bond acceptors (Lipinski definition) is 2. The van der Waals surface area contributed by atoms with Crippen LogP contribution in [0.5, 0.6) is 0 Å². The molecule has 1 aliphatic rings. The third kappa shape index (κ3) is 6.27. The van der Waals surface area contributed by atoms with Gasteiger partial charge in [-0.15, -0.1) is 0 Å². The van der Waals surface area contributed by atoms with E-state index < -0.39 is 5.41 Å². The molecule has 348 valence electrons. The van der Waals surface area contributed by atoms with E-state index in [1.807, 2.05) is 18.2 Å². The minimum Gasteiger partial charge on any atom is -0.456 e. The van der Waals surface area contributed by atoms with Crippen molar-refractivity contribution in [3.05, 3.63) is 289 Å². The van der Waals surface area contributed by atoms with Crippen LogP contribution in [0, 0.1) is 0 Å². The Morgan fingerprint density at radius 1 is 0.200 bits per heavy atom. The Labute approximate surface area is 433 Å². The molecule has 2 heterocycles. The predicted molar refractivity (Wildman–Crippen MR) is 313 cm³/mol. The summed E-state index contributed by atoms with van der Waals surface area (Å²) >= 11 is 0. The molecule has 0 spiro atoms. The van der Waals surface area contributed by atoms with Gasteiger partial charge in [-0.2, -0.15) is 0 Å². The topological polar surface area (TPSA) is 26.3 Å². The Balaban J connectivity index is 0.767. The average molecular weight is 953 g/mol. The first-order valence-corrected chi connectivity index (χ1v) is 25.9. The van der Waals surface area contributed by atoms with Gasteiger partial charge in [0.05, 0.1) is 5.41 Å². The lowest BCUT2D eigenvalue weighted by atomic mass is 9.67. The molecule has 0 aliphatic heterocycles. The van der Waals surface area contributed by atoms with Gasteiger partial charge >= 0.3 is 0 Å². The number of fused-ring (bicyclic) bond motifs is 15. The molecule has 0 bridgehead atoms. The molecule has 15 aromatic rings. The molecule has 16 rings (SSSR count). The zero-order valence-corrected chi connectivity index (χ0v) is 40.7. The number of para-hydroxylation sites is 1. The van der Waals surface area contributed by atoms with Crippen molar-refractivity contribution in [1.29, 1.82) is 0 Å². The number of furan rings is 2. The molecule has 13 aromatic carbocycles. The molecule has 0 atom stereocenters. The van der Waals surface area contributed by atoms with Gasteiger partial charge in [0.2, 0.25) is 0 Å². The van der Waals surface area contributed by atoms with Crippen molar-refractivity contribution in [2.45, 2.75) is 5.41 Å². The summed E-state index contributed by atoms with van der Waals surface area (Å²) in [5.41, 5.74) is 20.2. The summed E-state index contributed by atoms with van der Waals surface area (Å²) in [6.45, 7) is 0. The van der Waals surface area contributed by atoms with Gasteiger partial charge in [-0.25, -0.2) is 0 Å². The van der Waals surface area contributed by atoms with Crippen molar-refractivity contribution in [3.8, 4) is 55.6 Å². The minimum absolute atomic E-state index is 0.454. The highest BCUT2D eigenvalue weighted by Gasteiger charge is 2.46. The van der Waals surface area contributed by atoms with Crippen LogP contribution in [0.15, 0.2) is 276 Å². The van der Waals surface area contributed by atoms with E-state index in [4.69, 9.17) is 8.83 Å². The van der Waals surface area contributed by atoms with Crippen LogP contribution >= 0.6 is 0 Å². The lowest BCUT2D eigenvalue weighted by molar-refractivity contribution is 0.664. The standard InChI is InChI=1S/C73H44O2/c1-3-19-53(20-4-1)73(54-21-5-2-6-22-54)67-27-11-9-25-59(67)60-35-31-52(42-68(60)73)50-30-34-58-57-33-29-49(39-62(57)55-23-7-8-24-56(55)63(58)40-50)47-17-13-15-45(37-47)46-16-14-18-48(38-46)51-32-36-70-64(41-51)66-44-71-65(43-72(66)75-70)61-26-10-12-28-69(61)74-71/h1-44H. The Bertz CT molecular complexity index is 4760. The molecule has 75 heavy (non-hydrogen) atoms.